The van der Waals surface area contributed by atoms with Gasteiger partial charge < -0.3 is 14.4 Å². The molecule has 0 amide bonds. The minimum absolute atomic E-state index is 0.789. The zero-order valence-electron chi connectivity index (χ0n) is 34.9. The van der Waals surface area contributed by atoms with Crippen LogP contribution in [0, 0.1) is 0 Å². The van der Waals surface area contributed by atoms with E-state index in [0.29, 0.717) is 0 Å². The molecule has 2 aliphatic heterocycles. The molecule has 0 bridgehead atoms. The summed E-state index contributed by atoms with van der Waals surface area (Å²) in [6.07, 6.45) is 0. The number of rotatable bonds is 6. The van der Waals surface area contributed by atoms with E-state index >= 15 is 4.57 Å². The Morgan fingerprint density at radius 3 is 1.08 bits per heavy atom. The van der Waals surface area contributed by atoms with E-state index in [4.69, 9.17) is 0 Å². The van der Waals surface area contributed by atoms with E-state index in [2.05, 4.69) is 192 Å². The fourth-order valence-corrected chi connectivity index (χ4v) is 12.6. The van der Waals surface area contributed by atoms with Crippen molar-refractivity contribution >= 4 is 57.2 Å². The Morgan fingerprint density at radius 1 is 0.250 bits per heavy atom. The van der Waals surface area contributed by atoms with Gasteiger partial charge in [-0.15, -0.1) is 0 Å². The predicted octanol–water partition coefficient (Wildman–Crippen LogP) is 15.2. The molecule has 0 unspecified atom stereocenters. The largest absolute Gasteiger partial charge is 0.309 e. The Kier molecular flexibility index (Phi) is 9.11. The Balaban J connectivity index is 1.06. The van der Waals surface area contributed by atoms with Gasteiger partial charge in [-0.2, -0.15) is 0 Å². The Hall–Kier alpha value is -7.97. The van der Waals surface area contributed by atoms with E-state index in [-0.39, 0.29) is 0 Å². The molecular formula is C60H41N2OP. The van der Waals surface area contributed by atoms with Gasteiger partial charge in [0.2, 0.25) is 0 Å². The average molecular weight is 837 g/mol. The minimum Gasteiger partial charge on any atom is -0.309 e. The Labute approximate surface area is 374 Å². The fourth-order valence-electron chi connectivity index (χ4n) is 9.90. The molecule has 0 aromatic heterocycles. The molecule has 4 heteroatoms. The van der Waals surface area contributed by atoms with Crippen LogP contribution in [0.5, 0.6) is 0 Å². The normalized spacial score (nSPS) is 12.4. The molecule has 0 fully saturated rings. The zero-order valence-corrected chi connectivity index (χ0v) is 35.8. The lowest BCUT2D eigenvalue weighted by Crippen LogP contribution is -2.25. The van der Waals surface area contributed by atoms with Gasteiger partial charge in [0.1, 0.15) is 0 Å². The first-order valence-corrected chi connectivity index (χ1v) is 23.5. The molecule has 0 saturated heterocycles. The van der Waals surface area contributed by atoms with Gasteiger partial charge in [0.05, 0.1) is 22.7 Å². The summed E-state index contributed by atoms with van der Waals surface area (Å²) in [5.74, 6) is 0. The van der Waals surface area contributed by atoms with Gasteiger partial charge in [-0.05, 0) is 94.0 Å². The number of benzene rings is 10. The lowest BCUT2D eigenvalue weighted by molar-refractivity contribution is 0.592. The van der Waals surface area contributed by atoms with Crippen molar-refractivity contribution in [2.75, 3.05) is 9.80 Å². The maximum absolute atomic E-state index is 15.7. The average Bonchev–Trinajstić information content (AvgIpc) is 3.58. The highest BCUT2D eigenvalue weighted by molar-refractivity contribution is 7.85. The molecule has 0 spiro atoms. The number of para-hydroxylation sites is 3. The topological polar surface area (TPSA) is 23.6 Å². The van der Waals surface area contributed by atoms with Gasteiger partial charge in [0.15, 0.2) is 7.14 Å². The van der Waals surface area contributed by atoms with Crippen molar-refractivity contribution in [3.8, 4) is 55.6 Å². The first-order valence-electron chi connectivity index (χ1n) is 21.8. The standard InChI is InChI=1S/C60H41N2OP/c63-64(46-22-6-2-7-23-46,47-24-8-3-9-25-47)48-26-18-21-45(41-48)62-58-34-17-15-32-54(58)50-28-11-13-30-52(50)56-40-43(36-38-60(56)62)42-35-37-59-55(39-42)51-29-12-10-27-49(51)53-31-14-16-33-57(53)61(59)44-19-4-1-5-20-44/h1-41H. The smallest absolute Gasteiger partial charge is 0.171 e. The summed E-state index contributed by atoms with van der Waals surface area (Å²) < 4.78 is 15.7. The third-order valence-electron chi connectivity index (χ3n) is 12.8. The van der Waals surface area contributed by atoms with E-state index in [1.165, 1.54) is 27.8 Å². The second kappa shape index (κ2) is 15.4. The van der Waals surface area contributed by atoms with Crippen LogP contribution in [-0.2, 0) is 4.57 Å². The molecule has 0 N–H and O–H groups in total. The number of hydrogen-bond acceptors (Lipinski definition) is 3. The lowest BCUT2D eigenvalue weighted by Gasteiger charge is -2.29. The van der Waals surface area contributed by atoms with Crippen molar-refractivity contribution in [2.45, 2.75) is 0 Å². The molecule has 10 aromatic rings. The number of nitrogens with zero attached hydrogens (tertiary/aromatic N) is 2. The van der Waals surface area contributed by atoms with Crippen LogP contribution < -0.4 is 25.7 Å². The van der Waals surface area contributed by atoms with Gasteiger partial charge in [-0.25, -0.2) is 0 Å². The summed E-state index contributed by atoms with van der Waals surface area (Å²) in [6.45, 7) is 0. The lowest BCUT2D eigenvalue weighted by atomic mass is 9.90. The van der Waals surface area contributed by atoms with Crippen LogP contribution in [0.3, 0.4) is 0 Å². The Bertz CT molecular complexity index is 3390. The van der Waals surface area contributed by atoms with Crippen LogP contribution in [0.4, 0.5) is 34.1 Å². The molecule has 0 saturated carbocycles. The SMILES string of the molecule is O=P(c1ccccc1)(c1ccccc1)c1cccc(N2c3ccccc3-c3ccccc3-c3cc(-c4ccc5c(c4)-c4ccccc4-c4ccccc4N5c4ccccc4)ccc32)c1. The summed E-state index contributed by atoms with van der Waals surface area (Å²) >= 11 is 0. The molecular weight excluding hydrogens is 796 g/mol. The van der Waals surface area contributed by atoms with E-state index in [9.17, 15) is 0 Å². The zero-order chi connectivity index (χ0) is 42.6. The van der Waals surface area contributed by atoms with E-state index in [1.807, 2.05) is 66.7 Å². The maximum atomic E-state index is 15.7. The molecule has 302 valence electrons. The summed E-state index contributed by atoms with van der Waals surface area (Å²) in [7, 11) is -3.25. The van der Waals surface area contributed by atoms with Gasteiger partial charge in [-0.1, -0.05) is 188 Å². The van der Waals surface area contributed by atoms with Crippen molar-refractivity contribution in [2.24, 2.45) is 0 Å². The molecule has 2 aliphatic rings. The highest BCUT2D eigenvalue weighted by atomic mass is 31.2. The summed E-state index contributed by atoms with van der Waals surface area (Å²) in [5.41, 5.74) is 18.1. The first-order chi connectivity index (χ1) is 31.6. The van der Waals surface area contributed by atoms with Crippen LogP contribution >= 0.6 is 7.14 Å². The quantitative estimate of drug-likeness (QED) is 0.156. The monoisotopic (exact) mass is 836 g/mol. The second-order valence-electron chi connectivity index (χ2n) is 16.4. The number of anilines is 6. The van der Waals surface area contributed by atoms with E-state index < -0.39 is 7.14 Å². The van der Waals surface area contributed by atoms with Gasteiger partial charge in [0, 0.05) is 49.5 Å². The Morgan fingerprint density at radius 2 is 0.594 bits per heavy atom. The molecule has 64 heavy (non-hydrogen) atoms. The summed E-state index contributed by atoms with van der Waals surface area (Å²) in [6, 6.07) is 87.7. The highest BCUT2D eigenvalue weighted by Crippen LogP contribution is 2.54. The van der Waals surface area contributed by atoms with Crippen molar-refractivity contribution in [3.05, 3.63) is 249 Å². The van der Waals surface area contributed by atoms with Gasteiger partial charge in [-0.3, -0.25) is 0 Å². The third kappa shape index (κ3) is 6.08. The maximum Gasteiger partial charge on any atom is 0.171 e. The molecule has 0 radical (unpaired) electrons. The van der Waals surface area contributed by atoms with E-state index in [1.54, 1.807) is 0 Å². The van der Waals surface area contributed by atoms with Crippen molar-refractivity contribution in [1.29, 1.82) is 0 Å². The molecule has 10 aromatic carbocycles. The third-order valence-corrected chi connectivity index (χ3v) is 15.9. The predicted molar refractivity (Wildman–Crippen MR) is 269 cm³/mol. The van der Waals surface area contributed by atoms with Crippen molar-refractivity contribution < 1.29 is 4.57 Å². The second-order valence-corrected chi connectivity index (χ2v) is 19.2. The van der Waals surface area contributed by atoms with Gasteiger partial charge >= 0.3 is 0 Å². The van der Waals surface area contributed by atoms with Crippen molar-refractivity contribution in [1.82, 2.24) is 0 Å². The number of fused-ring (bicyclic) bond motifs is 10. The van der Waals surface area contributed by atoms with Gasteiger partial charge in [0.25, 0.3) is 0 Å². The van der Waals surface area contributed by atoms with Crippen molar-refractivity contribution in [3.63, 3.8) is 0 Å². The highest BCUT2D eigenvalue weighted by Gasteiger charge is 2.32. The van der Waals surface area contributed by atoms with Crippen LogP contribution in [-0.4, -0.2) is 0 Å². The van der Waals surface area contributed by atoms with E-state index in [0.717, 1.165) is 77.9 Å². The molecule has 0 atom stereocenters. The molecule has 12 rings (SSSR count). The molecule has 3 nitrogen and oxygen atoms in total. The summed E-state index contributed by atoms with van der Waals surface area (Å²) in [5, 5.41) is 2.41. The van der Waals surface area contributed by atoms with Crippen LogP contribution in [0.1, 0.15) is 0 Å². The minimum atomic E-state index is -3.25. The first kappa shape index (κ1) is 37.8. The van der Waals surface area contributed by atoms with Crippen LogP contribution in [0.25, 0.3) is 55.6 Å². The molecule has 0 aliphatic carbocycles. The fraction of sp³-hybridized carbons (Fsp3) is 0. The molecule has 2 heterocycles. The van der Waals surface area contributed by atoms with Crippen LogP contribution in [0.15, 0.2) is 249 Å². The van der Waals surface area contributed by atoms with Crippen LogP contribution in [0.2, 0.25) is 0 Å². The summed E-state index contributed by atoms with van der Waals surface area (Å²) in [4.78, 5) is 4.76. The number of hydrogen-bond donors (Lipinski definition) is 0.